The molecule has 2 aromatic carbocycles. The fraction of sp³-hybridized carbons (Fsp3) is 0.364. The van der Waals surface area contributed by atoms with E-state index in [1.54, 1.807) is 13.8 Å². The van der Waals surface area contributed by atoms with Gasteiger partial charge in [-0.15, -0.1) is 0 Å². The quantitative estimate of drug-likeness (QED) is 0.529. The van der Waals surface area contributed by atoms with E-state index in [-0.39, 0.29) is 35.9 Å². The Hall–Kier alpha value is -3.04. The van der Waals surface area contributed by atoms with Crippen LogP contribution in [-0.4, -0.2) is 41.0 Å². The summed E-state index contributed by atoms with van der Waals surface area (Å²) in [7, 11) is 0. The number of nitrogens with zero attached hydrogens (tertiary/aromatic N) is 3. The number of ether oxygens (including phenoxy) is 1. The third-order valence-corrected chi connectivity index (χ3v) is 4.92. The smallest absolute Gasteiger partial charge is 0.270 e. The minimum absolute atomic E-state index is 0.0908. The van der Waals surface area contributed by atoms with Crippen LogP contribution < -0.4 is 15.0 Å². The highest BCUT2D eigenvalue weighted by Gasteiger charge is 2.27. The fourth-order valence-electron chi connectivity index (χ4n) is 3.61. The van der Waals surface area contributed by atoms with Crippen LogP contribution in [0.2, 0.25) is 0 Å². The molecule has 0 amide bonds. The number of rotatable bonds is 8. The predicted molar refractivity (Wildman–Crippen MR) is 111 cm³/mol. The van der Waals surface area contributed by atoms with Crippen molar-refractivity contribution in [3.63, 3.8) is 0 Å². The lowest BCUT2D eigenvalue weighted by molar-refractivity contribution is 0.240. The molecule has 0 saturated heterocycles. The summed E-state index contributed by atoms with van der Waals surface area (Å²) in [6.45, 7) is 5.47. The van der Waals surface area contributed by atoms with Gasteiger partial charge >= 0.3 is 0 Å². The number of anilines is 2. The summed E-state index contributed by atoms with van der Waals surface area (Å²) >= 11 is 0. The molecule has 0 radical (unpaired) electrons. The van der Waals surface area contributed by atoms with Crippen LogP contribution in [0.4, 0.5) is 20.4 Å². The number of aliphatic hydroxyl groups excluding tert-OH is 1. The van der Waals surface area contributed by atoms with Gasteiger partial charge in [-0.25, -0.2) is 8.78 Å². The van der Waals surface area contributed by atoms with Crippen LogP contribution >= 0.6 is 0 Å². The molecule has 0 atom stereocenters. The van der Waals surface area contributed by atoms with Crippen molar-refractivity contribution in [3.05, 3.63) is 53.1 Å². The molecule has 4 rings (SSSR count). The lowest BCUT2D eigenvalue weighted by Crippen LogP contribution is -2.17. The third-order valence-electron chi connectivity index (χ3n) is 4.92. The van der Waals surface area contributed by atoms with Crippen molar-refractivity contribution in [1.82, 2.24) is 15.5 Å². The van der Waals surface area contributed by atoms with Gasteiger partial charge in [-0.2, -0.15) is 4.98 Å². The monoisotopic (exact) mass is 430 g/mol. The maximum Gasteiger partial charge on any atom is 0.270 e. The Kier molecular flexibility index (Phi) is 6.15. The van der Waals surface area contributed by atoms with Crippen LogP contribution in [0.15, 0.2) is 34.9 Å². The molecule has 0 fully saturated rings. The molecule has 3 aromatic rings. The minimum atomic E-state index is -0.826. The summed E-state index contributed by atoms with van der Waals surface area (Å²) in [5.41, 5.74) is 2.79. The second-order valence-electron chi connectivity index (χ2n) is 7.59. The van der Waals surface area contributed by atoms with Gasteiger partial charge in [0.05, 0.1) is 12.7 Å². The van der Waals surface area contributed by atoms with Gasteiger partial charge in [0.25, 0.3) is 11.8 Å². The van der Waals surface area contributed by atoms with E-state index < -0.39 is 11.6 Å². The van der Waals surface area contributed by atoms with Gasteiger partial charge in [0, 0.05) is 37.5 Å². The van der Waals surface area contributed by atoms with E-state index in [2.05, 4.69) is 21.5 Å². The second kappa shape index (κ2) is 8.99. The maximum atomic E-state index is 14.6. The van der Waals surface area contributed by atoms with Crippen molar-refractivity contribution in [2.75, 3.05) is 24.6 Å². The first kappa shape index (κ1) is 21.2. The summed E-state index contributed by atoms with van der Waals surface area (Å²) in [6, 6.07) is 8.26. The average Bonchev–Trinajstić information content (AvgIpc) is 3.34. The Labute approximate surface area is 178 Å². The van der Waals surface area contributed by atoms with Gasteiger partial charge in [-0.1, -0.05) is 12.1 Å². The number of halogens is 2. The van der Waals surface area contributed by atoms with Crippen molar-refractivity contribution >= 4 is 11.6 Å². The van der Waals surface area contributed by atoms with Crippen molar-refractivity contribution in [2.45, 2.75) is 32.9 Å². The number of aromatic nitrogens is 2. The van der Waals surface area contributed by atoms with Crippen LogP contribution in [-0.2, 0) is 13.0 Å². The number of aliphatic hydroxyl groups is 1. The van der Waals surface area contributed by atoms with E-state index in [1.807, 2.05) is 17.0 Å². The molecule has 9 heteroatoms. The number of nitrogens with one attached hydrogen (secondary N) is 1. The molecule has 164 valence electrons. The van der Waals surface area contributed by atoms with Crippen molar-refractivity contribution < 1.29 is 23.1 Å². The Morgan fingerprint density at radius 3 is 2.71 bits per heavy atom. The summed E-state index contributed by atoms with van der Waals surface area (Å²) < 4.78 is 39.7. The molecule has 0 aliphatic carbocycles. The van der Waals surface area contributed by atoms with Crippen LogP contribution in [0.1, 0.15) is 25.0 Å². The summed E-state index contributed by atoms with van der Waals surface area (Å²) in [5.74, 6) is -1.52. The van der Waals surface area contributed by atoms with E-state index in [4.69, 9.17) is 14.4 Å². The predicted octanol–water partition coefficient (Wildman–Crippen LogP) is 3.58. The van der Waals surface area contributed by atoms with Crippen LogP contribution in [0.5, 0.6) is 5.75 Å². The summed E-state index contributed by atoms with van der Waals surface area (Å²) in [5, 5.41) is 16.0. The van der Waals surface area contributed by atoms with Gasteiger partial charge in [-0.3, -0.25) is 0 Å². The van der Waals surface area contributed by atoms with Crippen LogP contribution in [0.25, 0.3) is 11.5 Å². The van der Waals surface area contributed by atoms with Gasteiger partial charge in [0.1, 0.15) is 22.9 Å². The average molecular weight is 430 g/mol. The van der Waals surface area contributed by atoms with Crippen LogP contribution in [0, 0.1) is 11.6 Å². The zero-order valence-corrected chi connectivity index (χ0v) is 17.4. The van der Waals surface area contributed by atoms with Crippen molar-refractivity contribution in [2.24, 2.45) is 0 Å². The Bertz CT molecular complexity index is 1050. The largest absolute Gasteiger partial charge is 0.491 e. The summed E-state index contributed by atoms with van der Waals surface area (Å²) in [6.07, 6.45) is 0.581. The summed E-state index contributed by atoms with van der Waals surface area (Å²) in [4.78, 5) is 6.10. The second-order valence-corrected chi connectivity index (χ2v) is 7.59. The first-order valence-corrected chi connectivity index (χ1v) is 10.2. The SMILES string of the molecule is CC(C)Oc1cc(F)c(-c2nc(N3CCc4cc(CNCCO)ccc43)no2)c(F)c1. The third kappa shape index (κ3) is 4.52. The highest BCUT2D eigenvalue weighted by molar-refractivity contribution is 5.67. The van der Waals surface area contributed by atoms with Gasteiger partial charge in [0.15, 0.2) is 0 Å². The lowest BCUT2D eigenvalue weighted by atomic mass is 10.1. The highest BCUT2D eigenvalue weighted by atomic mass is 19.1. The molecular weight excluding hydrogens is 406 g/mol. The van der Waals surface area contributed by atoms with Crippen molar-refractivity contribution in [3.8, 4) is 17.2 Å². The van der Waals surface area contributed by atoms with Crippen LogP contribution in [0.3, 0.4) is 0 Å². The zero-order chi connectivity index (χ0) is 22.0. The maximum absolute atomic E-state index is 14.6. The minimum Gasteiger partial charge on any atom is -0.491 e. The molecule has 1 aromatic heterocycles. The standard InChI is InChI=1S/C22H24F2N4O3/c1-13(2)30-16-10-17(23)20(18(24)11-16)21-26-22(27-31-21)28-7-5-15-9-14(3-4-19(15)28)12-25-6-8-29/h3-4,9-11,13,25,29H,5-8,12H2,1-2H3. The van der Waals surface area contributed by atoms with E-state index in [9.17, 15) is 8.78 Å². The molecule has 7 nitrogen and oxygen atoms in total. The number of hydrogen-bond acceptors (Lipinski definition) is 7. The van der Waals surface area contributed by atoms with E-state index in [1.165, 1.54) is 0 Å². The van der Waals surface area contributed by atoms with Gasteiger partial charge < -0.3 is 24.6 Å². The first-order valence-electron chi connectivity index (χ1n) is 10.2. The number of hydrogen-bond donors (Lipinski definition) is 2. The molecular formula is C22H24F2N4O3. The molecule has 0 spiro atoms. The van der Waals surface area contributed by atoms with E-state index >= 15 is 0 Å². The molecule has 31 heavy (non-hydrogen) atoms. The zero-order valence-electron chi connectivity index (χ0n) is 17.4. The molecule has 0 unspecified atom stereocenters. The Morgan fingerprint density at radius 1 is 1.23 bits per heavy atom. The lowest BCUT2D eigenvalue weighted by Gasteiger charge is -2.14. The molecule has 2 heterocycles. The van der Waals surface area contributed by atoms with Crippen molar-refractivity contribution in [1.29, 1.82) is 0 Å². The first-order chi connectivity index (χ1) is 15.0. The molecule has 0 bridgehead atoms. The normalized spacial score (nSPS) is 13.2. The number of fused-ring (bicyclic) bond motifs is 1. The molecule has 1 aliphatic rings. The molecule has 0 saturated carbocycles. The highest BCUT2D eigenvalue weighted by Crippen LogP contribution is 2.36. The Morgan fingerprint density at radius 2 is 2.00 bits per heavy atom. The van der Waals surface area contributed by atoms with Gasteiger partial charge in [-0.05, 0) is 42.6 Å². The fourth-order valence-corrected chi connectivity index (χ4v) is 3.61. The van der Waals surface area contributed by atoms with Gasteiger partial charge in [0.2, 0.25) is 0 Å². The number of benzene rings is 2. The van der Waals surface area contributed by atoms with E-state index in [0.29, 0.717) is 19.6 Å². The topological polar surface area (TPSA) is 83.7 Å². The van der Waals surface area contributed by atoms with E-state index in [0.717, 1.165) is 35.4 Å². The molecule has 1 aliphatic heterocycles. The Balaban J connectivity index is 1.56. The molecule has 2 N–H and O–H groups in total.